The van der Waals surface area contributed by atoms with E-state index in [1.807, 2.05) is 60.9 Å². The molecular weight excluding hydrogens is 428 g/mol. The lowest BCUT2D eigenvalue weighted by Gasteiger charge is -2.22. The van der Waals surface area contributed by atoms with Crippen molar-refractivity contribution in [2.45, 2.75) is 38.1 Å². The molecule has 0 spiro atoms. The van der Waals surface area contributed by atoms with Gasteiger partial charge in [0.15, 0.2) is 0 Å². The van der Waals surface area contributed by atoms with Crippen LogP contribution in [0.15, 0.2) is 65.4 Å². The maximum Gasteiger partial charge on any atom is 0.255 e. The smallest absolute Gasteiger partial charge is 0.255 e. The number of nitrogens with zero attached hydrogens (tertiary/aromatic N) is 2. The van der Waals surface area contributed by atoms with Gasteiger partial charge in [-0.1, -0.05) is 53.4 Å². The summed E-state index contributed by atoms with van der Waals surface area (Å²) in [7, 11) is 0. The minimum Gasteiger partial charge on any atom is -0.351 e. The zero-order valence-corrected chi connectivity index (χ0v) is 17.7. The molecule has 4 rings (SSSR count). The Hall–Kier alpha value is -2.73. The number of rotatable bonds is 5. The molecule has 1 fully saturated rings. The maximum atomic E-state index is 12.4. The van der Waals surface area contributed by atoms with Crippen molar-refractivity contribution in [1.82, 2.24) is 9.97 Å². The number of halogens is 1. The van der Waals surface area contributed by atoms with E-state index in [1.165, 1.54) is 32.1 Å². The third-order valence-corrected chi connectivity index (χ3v) is 5.65. The molecule has 1 saturated carbocycles. The average molecular weight is 451 g/mol. The van der Waals surface area contributed by atoms with Crippen LogP contribution in [0.4, 0.5) is 11.6 Å². The number of amides is 1. The van der Waals surface area contributed by atoms with Gasteiger partial charge in [-0.25, -0.2) is 9.97 Å². The Kier molecular flexibility index (Phi) is 6.20. The van der Waals surface area contributed by atoms with Crippen LogP contribution in [0, 0.1) is 0 Å². The number of carbonyl (C=O) groups is 1. The average Bonchev–Trinajstić information content (AvgIpc) is 2.75. The highest BCUT2D eigenvalue weighted by Gasteiger charge is 2.14. The number of hydrogen-bond acceptors (Lipinski definition) is 4. The molecular formula is C23H23BrN4O. The summed E-state index contributed by atoms with van der Waals surface area (Å²) in [4.78, 5) is 21.4. The Morgan fingerprint density at radius 3 is 2.34 bits per heavy atom. The highest BCUT2D eigenvalue weighted by molar-refractivity contribution is 9.10. The van der Waals surface area contributed by atoms with Crippen LogP contribution in [0.5, 0.6) is 0 Å². The monoisotopic (exact) mass is 450 g/mol. The van der Waals surface area contributed by atoms with Crippen molar-refractivity contribution in [1.29, 1.82) is 0 Å². The molecule has 1 aromatic heterocycles. The molecule has 1 amide bonds. The fourth-order valence-corrected chi connectivity index (χ4v) is 3.96. The molecule has 1 aliphatic rings. The molecule has 1 heterocycles. The lowest BCUT2D eigenvalue weighted by molar-refractivity contribution is 0.102. The number of nitrogens with one attached hydrogen (secondary N) is 2. The molecule has 0 bridgehead atoms. The van der Waals surface area contributed by atoms with Gasteiger partial charge >= 0.3 is 0 Å². The van der Waals surface area contributed by atoms with E-state index in [0.717, 1.165) is 21.3 Å². The minimum atomic E-state index is -0.141. The molecule has 29 heavy (non-hydrogen) atoms. The van der Waals surface area contributed by atoms with Crippen molar-refractivity contribution in [3.63, 3.8) is 0 Å². The van der Waals surface area contributed by atoms with Gasteiger partial charge in [0.25, 0.3) is 5.91 Å². The third-order valence-electron chi connectivity index (χ3n) is 5.15. The lowest BCUT2D eigenvalue weighted by atomic mass is 9.96. The maximum absolute atomic E-state index is 12.4. The van der Waals surface area contributed by atoms with Gasteiger partial charge in [0.2, 0.25) is 5.95 Å². The quantitative estimate of drug-likeness (QED) is 0.507. The Morgan fingerprint density at radius 1 is 0.931 bits per heavy atom. The van der Waals surface area contributed by atoms with Crippen molar-refractivity contribution >= 4 is 33.5 Å². The normalized spacial score (nSPS) is 14.4. The number of carbonyl (C=O) groups excluding carboxylic acids is 1. The summed E-state index contributed by atoms with van der Waals surface area (Å²) in [5.41, 5.74) is 3.26. The molecule has 2 aromatic carbocycles. The number of aromatic nitrogens is 2. The number of hydrogen-bond donors (Lipinski definition) is 2. The Labute approximate surface area is 179 Å². The predicted molar refractivity (Wildman–Crippen MR) is 120 cm³/mol. The SMILES string of the molecule is O=C(Nc1cccc(Br)c1)c1ccc(-c2cnc(NC3CCCCC3)nc2)cc1. The fraction of sp³-hybridized carbons (Fsp3) is 0.261. The van der Waals surface area contributed by atoms with Crippen LogP contribution >= 0.6 is 15.9 Å². The predicted octanol–water partition coefficient (Wildman–Crippen LogP) is 5.90. The largest absolute Gasteiger partial charge is 0.351 e. The fourth-order valence-electron chi connectivity index (χ4n) is 3.56. The van der Waals surface area contributed by atoms with Crippen LogP contribution in [0.1, 0.15) is 42.5 Å². The molecule has 1 aliphatic carbocycles. The molecule has 5 nitrogen and oxygen atoms in total. The highest BCUT2D eigenvalue weighted by atomic mass is 79.9. The first kappa shape index (κ1) is 19.6. The molecule has 6 heteroatoms. The van der Waals surface area contributed by atoms with E-state index in [1.54, 1.807) is 0 Å². The van der Waals surface area contributed by atoms with E-state index in [2.05, 4.69) is 36.5 Å². The van der Waals surface area contributed by atoms with E-state index >= 15 is 0 Å². The van der Waals surface area contributed by atoms with Crippen LogP contribution in [0.3, 0.4) is 0 Å². The van der Waals surface area contributed by atoms with Gasteiger partial charge in [0, 0.05) is 39.7 Å². The topological polar surface area (TPSA) is 66.9 Å². The molecule has 2 N–H and O–H groups in total. The summed E-state index contributed by atoms with van der Waals surface area (Å²) in [6.45, 7) is 0. The van der Waals surface area contributed by atoms with E-state index in [4.69, 9.17) is 0 Å². The summed E-state index contributed by atoms with van der Waals surface area (Å²) in [5, 5.41) is 6.33. The first-order valence-corrected chi connectivity index (χ1v) is 10.7. The Morgan fingerprint density at radius 2 is 1.66 bits per heavy atom. The Bertz CT molecular complexity index is 967. The van der Waals surface area contributed by atoms with Gasteiger partial charge in [0.1, 0.15) is 0 Å². The summed E-state index contributed by atoms with van der Waals surface area (Å²) < 4.78 is 0.923. The molecule has 148 valence electrons. The van der Waals surface area contributed by atoms with Crippen molar-refractivity contribution in [3.8, 4) is 11.1 Å². The second kappa shape index (κ2) is 9.18. The molecule has 0 atom stereocenters. The van der Waals surface area contributed by atoms with Crippen LogP contribution < -0.4 is 10.6 Å². The van der Waals surface area contributed by atoms with Crippen LogP contribution in [0.25, 0.3) is 11.1 Å². The van der Waals surface area contributed by atoms with E-state index in [9.17, 15) is 4.79 Å². The summed E-state index contributed by atoms with van der Waals surface area (Å²) >= 11 is 3.41. The van der Waals surface area contributed by atoms with Gasteiger partial charge in [-0.2, -0.15) is 0 Å². The highest BCUT2D eigenvalue weighted by Crippen LogP contribution is 2.23. The van der Waals surface area contributed by atoms with Gasteiger partial charge in [-0.05, 0) is 48.7 Å². The van der Waals surface area contributed by atoms with Gasteiger partial charge < -0.3 is 10.6 Å². The van der Waals surface area contributed by atoms with Crippen LogP contribution in [-0.2, 0) is 0 Å². The molecule has 0 unspecified atom stereocenters. The standard InChI is InChI=1S/C23H23BrN4O/c24-19-5-4-8-21(13-19)27-22(29)17-11-9-16(10-12-17)18-14-25-23(26-15-18)28-20-6-2-1-3-7-20/h4-5,8-15,20H,1-3,6-7H2,(H,27,29)(H,25,26,28). The van der Waals surface area contributed by atoms with Gasteiger partial charge in [-0.15, -0.1) is 0 Å². The van der Waals surface area contributed by atoms with Crippen LogP contribution in [0.2, 0.25) is 0 Å². The van der Waals surface area contributed by atoms with E-state index < -0.39 is 0 Å². The minimum absolute atomic E-state index is 0.141. The van der Waals surface area contributed by atoms with Crippen LogP contribution in [-0.4, -0.2) is 21.9 Å². The summed E-state index contributed by atoms with van der Waals surface area (Å²) in [6.07, 6.45) is 9.91. The zero-order chi connectivity index (χ0) is 20.1. The van der Waals surface area contributed by atoms with Crippen molar-refractivity contribution in [2.75, 3.05) is 10.6 Å². The molecule has 0 saturated heterocycles. The number of benzene rings is 2. The molecule has 0 radical (unpaired) electrons. The Balaban J connectivity index is 1.40. The number of anilines is 2. The first-order chi connectivity index (χ1) is 14.2. The molecule has 3 aromatic rings. The van der Waals surface area contributed by atoms with E-state index in [-0.39, 0.29) is 5.91 Å². The van der Waals surface area contributed by atoms with Gasteiger partial charge in [0.05, 0.1) is 0 Å². The zero-order valence-electron chi connectivity index (χ0n) is 16.1. The lowest BCUT2D eigenvalue weighted by Crippen LogP contribution is -2.23. The second-order valence-electron chi connectivity index (χ2n) is 7.32. The summed E-state index contributed by atoms with van der Waals surface area (Å²) in [6, 6.07) is 15.5. The van der Waals surface area contributed by atoms with E-state index in [0.29, 0.717) is 17.6 Å². The van der Waals surface area contributed by atoms with Crippen molar-refractivity contribution < 1.29 is 4.79 Å². The second-order valence-corrected chi connectivity index (χ2v) is 8.23. The first-order valence-electron chi connectivity index (χ1n) is 9.93. The van der Waals surface area contributed by atoms with Crippen molar-refractivity contribution in [2.24, 2.45) is 0 Å². The third kappa shape index (κ3) is 5.21. The molecule has 0 aliphatic heterocycles. The van der Waals surface area contributed by atoms with Gasteiger partial charge in [-0.3, -0.25) is 4.79 Å². The van der Waals surface area contributed by atoms with Crippen molar-refractivity contribution in [3.05, 3.63) is 71.0 Å². The summed E-state index contributed by atoms with van der Waals surface area (Å²) in [5.74, 6) is 0.545.